The molecule has 8 aromatic carbocycles. The van der Waals surface area contributed by atoms with Crippen LogP contribution in [0.15, 0.2) is 205 Å². The van der Waals surface area contributed by atoms with Crippen LogP contribution < -0.4 is 9.80 Å². The minimum absolute atomic E-state index is 0.577. The van der Waals surface area contributed by atoms with Crippen molar-refractivity contribution in [3.8, 4) is 52.5 Å². The van der Waals surface area contributed by atoms with Crippen molar-refractivity contribution in [2.45, 2.75) is 0 Å². The van der Waals surface area contributed by atoms with Gasteiger partial charge in [-0.3, -0.25) is 0 Å². The molecule has 0 aliphatic carbocycles. The van der Waals surface area contributed by atoms with Crippen LogP contribution in [0.25, 0.3) is 50.1 Å². The number of furan rings is 1. The summed E-state index contributed by atoms with van der Waals surface area (Å²) in [6.07, 6.45) is 0. The van der Waals surface area contributed by atoms with Crippen LogP contribution in [0.3, 0.4) is 0 Å². The van der Waals surface area contributed by atoms with E-state index in [-0.39, 0.29) is 0 Å². The van der Waals surface area contributed by atoms with Gasteiger partial charge < -0.3 is 18.8 Å². The quantitative estimate of drug-likeness (QED) is 0.142. The maximum absolute atomic E-state index is 9.45. The SMILES string of the molecule is N#Cc1ccc(N(c2ccc(C#N)cc2)c2ccc(-c3cc4cc5c(cc(-c6ccc(N(c7ccc(C#N)cc7)c7ccc(C#N)cc7)cc6)n5-c5ccccc5)cc4o3)cc2)cc1. The van der Waals surface area contributed by atoms with Gasteiger partial charge in [0.25, 0.3) is 0 Å². The second kappa shape index (κ2) is 16.5. The van der Waals surface area contributed by atoms with E-state index in [4.69, 9.17) is 4.42 Å². The number of nitriles is 4. The lowest BCUT2D eigenvalue weighted by Crippen LogP contribution is -2.10. The summed E-state index contributed by atoms with van der Waals surface area (Å²) in [6.45, 7) is 0. The predicted octanol–water partition coefficient (Wildman–Crippen LogP) is 14.1. The lowest BCUT2D eigenvalue weighted by atomic mass is 10.1. The van der Waals surface area contributed by atoms with Gasteiger partial charge in [0.1, 0.15) is 11.3 Å². The minimum atomic E-state index is 0.577. The molecule has 0 saturated carbocycles. The topological polar surface area (TPSA) is 120 Å². The van der Waals surface area contributed by atoms with Gasteiger partial charge in [-0.1, -0.05) is 30.3 Å². The van der Waals surface area contributed by atoms with Gasteiger partial charge in [-0.2, -0.15) is 21.0 Å². The van der Waals surface area contributed by atoms with Crippen LogP contribution in [-0.2, 0) is 0 Å². The van der Waals surface area contributed by atoms with E-state index in [9.17, 15) is 21.0 Å². The molecule has 10 aromatic rings. The molecule has 298 valence electrons. The van der Waals surface area contributed by atoms with E-state index in [1.165, 1.54) is 0 Å². The Balaban J connectivity index is 1.01. The number of aromatic nitrogens is 1. The van der Waals surface area contributed by atoms with Crippen molar-refractivity contribution in [1.82, 2.24) is 4.57 Å². The van der Waals surface area contributed by atoms with E-state index < -0.39 is 0 Å². The first-order chi connectivity index (χ1) is 31.5. The monoisotopic (exact) mass is 819 g/mol. The molecule has 0 N–H and O–H groups in total. The van der Waals surface area contributed by atoms with Crippen molar-refractivity contribution in [3.63, 3.8) is 0 Å². The smallest absolute Gasteiger partial charge is 0.135 e. The second-order valence-electron chi connectivity index (χ2n) is 15.2. The van der Waals surface area contributed by atoms with Gasteiger partial charge in [0.05, 0.1) is 57.7 Å². The number of nitrogens with zero attached hydrogens (tertiary/aromatic N) is 7. The number of para-hydroxylation sites is 1. The number of benzene rings is 8. The Hall–Kier alpha value is -9.60. The van der Waals surface area contributed by atoms with Gasteiger partial charge in [-0.15, -0.1) is 0 Å². The summed E-state index contributed by atoms with van der Waals surface area (Å²) in [5.41, 5.74) is 13.5. The van der Waals surface area contributed by atoms with E-state index in [0.29, 0.717) is 22.3 Å². The van der Waals surface area contributed by atoms with E-state index in [1.807, 2.05) is 115 Å². The average molecular weight is 820 g/mol. The normalized spacial score (nSPS) is 10.8. The molecular formula is C56H33N7O. The zero-order chi connectivity index (χ0) is 43.6. The van der Waals surface area contributed by atoms with Crippen molar-refractivity contribution in [1.29, 1.82) is 21.0 Å². The fraction of sp³-hybridized carbons (Fsp3) is 0. The molecule has 0 amide bonds. The van der Waals surface area contributed by atoms with Crippen LogP contribution in [0.4, 0.5) is 34.1 Å². The van der Waals surface area contributed by atoms with Gasteiger partial charge >= 0.3 is 0 Å². The molecule has 0 atom stereocenters. The van der Waals surface area contributed by atoms with Gasteiger partial charge in [0.15, 0.2) is 0 Å². The number of hydrogen-bond acceptors (Lipinski definition) is 7. The lowest BCUT2D eigenvalue weighted by molar-refractivity contribution is 0.632. The number of anilines is 6. The van der Waals surface area contributed by atoms with Gasteiger partial charge in [0, 0.05) is 56.1 Å². The molecule has 2 heterocycles. The third-order valence-corrected chi connectivity index (χ3v) is 11.3. The number of hydrogen-bond donors (Lipinski definition) is 0. The van der Waals surface area contributed by atoms with Crippen LogP contribution in [0.2, 0.25) is 0 Å². The summed E-state index contributed by atoms with van der Waals surface area (Å²) in [4.78, 5) is 4.20. The van der Waals surface area contributed by atoms with Crippen molar-refractivity contribution in [2.75, 3.05) is 9.80 Å². The Morgan fingerprint density at radius 2 is 0.766 bits per heavy atom. The fourth-order valence-corrected chi connectivity index (χ4v) is 8.14. The van der Waals surface area contributed by atoms with Crippen LogP contribution in [0.5, 0.6) is 0 Å². The van der Waals surface area contributed by atoms with Crippen molar-refractivity contribution < 1.29 is 4.42 Å². The molecule has 0 aliphatic heterocycles. The second-order valence-corrected chi connectivity index (χ2v) is 15.2. The molecule has 8 nitrogen and oxygen atoms in total. The number of fused-ring (bicyclic) bond motifs is 2. The molecule has 0 spiro atoms. The molecule has 0 saturated heterocycles. The van der Waals surface area contributed by atoms with E-state index in [2.05, 4.69) is 99.3 Å². The standard InChI is InChI=1S/C56H33N7O/c57-34-38-6-18-47(19-7-38)61(48-20-8-39(35-58)9-21-48)51-26-14-42(15-27-51)53-30-44-32-56-45(31-54(44)63(53)46-4-2-1-3-5-46)33-55(64-56)43-16-28-52(29-17-43)62(49-22-10-40(36-59)11-23-49)50-24-12-41(37-60)13-25-50/h1-33H. The third-order valence-electron chi connectivity index (χ3n) is 11.3. The Morgan fingerprint density at radius 1 is 0.375 bits per heavy atom. The summed E-state index contributed by atoms with van der Waals surface area (Å²) in [5.74, 6) is 0.744. The van der Waals surface area contributed by atoms with Crippen LogP contribution in [-0.4, -0.2) is 4.57 Å². The summed E-state index contributed by atoms with van der Waals surface area (Å²) in [6, 6.07) is 74.1. The van der Waals surface area contributed by atoms with Crippen LogP contribution in [0.1, 0.15) is 22.3 Å². The summed E-state index contributed by atoms with van der Waals surface area (Å²) >= 11 is 0. The molecule has 10 rings (SSSR count). The highest BCUT2D eigenvalue weighted by Crippen LogP contribution is 2.41. The lowest BCUT2D eigenvalue weighted by Gasteiger charge is -2.26. The summed E-state index contributed by atoms with van der Waals surface area (Å²) in [7, 11) is 0. The van der Waals surface area contributed by atoms with Crippen molar-refractivity contribution in [3.05, 3.63) is 222 Å². The van der Waals surface area contributed by atoms with Gasteiger partial charge in [0.2, 0.25) is 0 Å². The molecule has 0 bridgehead atoms. The maximum atomic E-state index is 9.45. The molecule has 0 aliphatic rings. The Morgan fingerprint density at radius 3 is 1.17 bits per heavy atom. The van der Waals surface area contributed by atoms with Crippen molar-refractivity contribution in [2.24, 2.45) is 0 Å². The first kappa shape index (κ1) is 38.6. The third kappa shape index (κ3) is 7.23. The fourth-order valence-electron chi connectivity index (χ4n) is 8.14. The molecule has 2 aromatic heterocycles. The van der Waals surface area contributed by atoms with E-state index in [1.54, 1.807) is 24.3 Å². The molecule has 0 fully saturated rings. The van der Waals surface area contributed by atoms with Crippen molar-refractivity contribution >= 4 is 56.0 Å². The molecule has 8 heteroatoms. The molecule has 64 heavy (non-hydrogen) atoms. The first-order valence-electron chi connectivity index (χ1n) is 20.5. The highest BCUT2D eigenvalue weighted by atomic mass is 16.3. The number of rotatable bonds is 9. The molecule has 0 radical (unpaired) electrons. The molecular weight excluding hydrogens is 787 g/mol. The van der Waals surface area contributed by atoms with Gasteiger partial charge in [-0.05, 0) is 175 Å². The highest BCUT2D eigenvalue weighted by molar-refractivity contribution is 6.00. The predicted molar refractivity (Wildman–Crippen MR) is 252 cm³/mol. The Labute approximate surface area is 369 Å². The van der Waals surface area contributed by atoms with E-state index in [0.717, 1.165) is 84.3 Å². The maximum Gasteiger partial charge on any atom is 0.135 e. The minimum Gasteiger partial charge on any atom is -0.456 e. The summed E-state index contributed by atoms with van der Waals surface area (Å²) in [5, 5.41) is 39.7. The van der Waals surface area contributed by atoms with Crippen LogP contribution in [0, 0.1) is 45.3 Å². The van der Waals surface area contributed by atoms with Gasteiger partial charge in [-0.25, -0.2) is 0 Å². The van der Waals surface area contributed by atoms with E-state index >= 15 is 0 Å². The zero-order valence-corrected chi connectivity index (χ0v) is 34.1. The largest absolute Gasteiger partial charge is 0.456 e. The zero-order valence-electron chi connectivity index (χ0n) is 34.1. The Kier molecular flexibility index (Phi) is 9.92. The van der Waals surface area contributed by atoms with Crippen LogP contribution >= 0.6 is 0 Å². The Bertz CT molecular complexity index is 3370. The summed E-state index contributed by atoms with van der Waals surface area (Å²) < 4.78 is 8.86. The average Bonchev–Trinajstić information content (AvgIpc) is 3.96. The molecule has 0 unspecified atom stereocenters. The first-order valence-corrected chi connectivity index (χ1v) is 20.5. The highest BCUT2D eigenvalue weighted by Gasteiger charge is 2.19.